The number of hydrogen-bond donors (Lipinski definition) is 2. The number of benzene rings is 2. The maximum atomic E-state index is 12.5. The number of carboxylic acids is 1. The van der Waals surface area contributed by atoms with Crippen LogP contribution >= 0.6 is 11.8 Å². The number of nitrogens with one attached hydrogen (secondary N) is 1. The maximum absolute atomic E-state index is 12.5. The molecule has 1 amide bonds. The number of ether oxygens (including phenoxy) is 1. The van der Waals surface area contributed by atoms with Gasteiger partial charge in [-0.25, -0.2) is 0 Å². The van der Waals surface area contributed by atoms with Gasteiger partial charge >= 0.3 is 5.97 Å². The second-order valence-electron chi connectivity index (χ2n) is 6.88. The van der Waals surface area contributed by atoms with Gasteiger partial charge in [-0.15, -0.1) is 11.8 Å². The predicted octanol–water partition coefficient (Wildman–Crippen LogP) is 5.86. The van der Waals surface area contributed by atoms with E-state index in [1.165, 1.54) is 17.7 Å². The standard InChI is InChI=1S/C24H29NO4S/c1-3-4-16-30-20-13-11-19(12-14-20)18(2)17-23(26)25-21-8-5-6-9-22(21)29-15-7-10-24(27)28/h5-6,8-9,11-14,17H,3-4,7,10,15-16H2,1-2H3,(H,25,26)(H,27,28)/b18-17+. The van der Waals surface area contributed by atoms with Crippen molar-refractivity contribution in [1.29, 1.82) is 0 Å². The van der Waals surface area contributed by atoms with Crippen molar-refractivity contribution in [3.05, 3.63) is 60.2 Å². The van der Waals surface area contributed by atoms with Gasteiger partial charge in [-0.2, -0.15) is 0 Å². The van der Waals surface area contributed by atoms with Gasteiger partial charge in [0.15, 0.2) is 0 Å². The minimum Gasteiger partial charge on any atom is -0.491 e. The molecule has 0 aliphatic heterocycles. The third-order valence-electron chi connectivity index (χ3n) is 4.36. The highest BCUT2D eigenvalue weighted by Crippen LogP contribution is 2.25. The van der Waals surface area contributed by atoms with Crippen LogP contribution in [0.4, 0.5) is 5.69 Å². The number of amides is 1. The smallest absolute Gasteiger partial charge is 0.303 e. The quantitative estimate of drug-likeness (QED) is 0.252. The molecule has 0 saturated heterocycles. The maximum Gasteiger partial charge on any atom is 0.303 e. The molecule has 0 aliphatic carbocycles. The van der Waals surface area contributed by atoms with Crippen LogP contribution in [-0.4, -0.2) is 29.3 Å². The van der Waals surface area contributed by atoms with E-state index in [2.05, 4.69) is 24.4 Å². The zero-order valence-corrected chi connectivity index (χ0v) is 18.3. The highest BCUT2D eigenvalue weighted by molar-refractivity contribution is 7.99. The van der Waals surface area contributed by atoms with Crippen LogP contribution in [0.2, 0.25) is 0 Å². The summed E-state index contributed by atoms with van der Waals surface area (Å²) in [5, 5.41) is 11.6. The highest BCUT2D eigenvalue weighted by atomic mass is 32.2. The van der Waals surface area contributed by atoms with E-state index in [9.17, 15) is 9.59 Å². The van der Waals surface area contributed by atoms with E-state index in [0.717, 1.165) is 16.9 Å². The van der Waals surface area contributed by atoms with Crippen molar-refractivity contribution in [2.24, 2.45) is 0 Å². The Balaban J connectivity index is 1.95. The third kappa shape index (κ3) is 8.33. The summed E-state index contributed by atoms with van der Waals surface area (Å²) in [5.41, 5.74) is 2.44. The van der Waals surface area contributed by atoms with Crippen molar-refractivity contribution >= 4 is 34.9 Å². The number of anilines is 1. The largest absolute Gasteiger partial charge is 0.491 e. The molecule has 2 aromatic carbocycles. The number of para-hydroxylation sites is 2. The van der Waals surface area contributed by atoms with Gasteiger partial charge in [0.25, 0.3) is 0 Å². The summed E-state index contributed by atoms with van der Waals surface area (Å²) >= 11 is 1.85. The average molecular weight is 428 g/mol. The van der Waals surface area contributed by atoms with Crippen LogP contribution < -0.4 is 10.1 Å². The van der Waals surface area contributed by atoms with Gasteiger partial charge in [0, 0.05) is 17.4 Å². The van der Waals surface area contributed by atoms with E-state index in [1.54, 1.807) is 18.2 Å². The SMILES string of the molecule is CCCCSc1ccc(/C(C)=C/C(=O)Nc2ccccc2OCCCC(=O)O)cc1. The molecule has 2 N–H and O–H groups in total. The second kappa shape index (κ2) is 12.8. The fourth-order valence-corrected chi connectivity index (χ4v) is 3.70. The van der Waals surface area contributed by atoms with E-state index < -0.39 is 5.97 Å². The first-order valence-corrected chi connectivity index (χ1v) is 11.1. The molecule has 0 bridgehead atoms. The van der Waals surface area contributed by atoms with Gasteiger partial charge < -0.3 is 15.2 Å². The van der Waals surface area contributed by atoms with Crippen LogP contribution in [0.25, 0.3) is 5.57 Å². The molecule has 30 heavy (non-hydrogen) atoms. The Morgan fingerprint density at radius 3 is 2.53 bits per heavy atom. The lowest BCUT2D eigenvalue weighted by Gasteiger charge is -2.11. The fourth-order valence-electron chi connectivity index (χ4n) is 2.70. The van der Waals surface area contributed by atoms with Crippen molar-refractivity contribution in [3.63, 3.8) is 0 Å². The summed E-state index contributed by atoms with van der Waals surface area (Å²) in [5.74, 6) is 0.546. The van der Waals surface area contributed by atoms with Gasteiger partial charge in [0.2, 0.25) is 5.91 Å². The number of carboxylic acid groups (broad SMARTS) is 1. The van der Waals surface area contributed by atoms with Gasteiger partial charge in [-0.05, 0) is 60.9 Å². The van der Waals surface area contributed by atoms with Crippen LogP contribution in [0.15, 0.2) is 59.5 Å². The van der Waals surface area contributed by atoms with Crippen molar-refractivity contribution in [2.75, 3.05) is 17.7 Å². The molecule has 0 heterocycles. The summed E-state index contributed by atoms with van der Waals surface area (Å²) in [4.78, 5) is 24.3. The molecule has 0 unspecified atom stereocenters. The Bertz CT molecular complexity index is 862. The molecule has 5 nitrogen and oxygen atoms in total. The predicted molar refractivity (Wildman–Crippen MR) is 123 cm³/mol. The number of unbranched alkanes of at least 4 members (excludes halogenated alkanes) is 1. The molecular weight excluding hydrogens is 398 g/mol. The van der Waals surface area contributed by atoms with E-state index in [4.69, 9.17) is 9.84 Å². The molecule has 0 aromatic heterocycles. The zero-order valence-electron chi connectivity index (χ0n) is 17.5. The Hall–Kier alpha value is -2.73. The average Bonchev–Trinajstić information content (AvgIpc) is 2.72. The molecule has 6 heteroatoms. The minimum absolute atomic E-state index is 0.0480. The lowest BCUT2D eigenvalue weighted by Crippen LogP contribution is -2.10. The Kier molecular flexibility index (Phi) is 10.0. The van der Waals surface area contributed by atoms with Gasteiger partial charge in [0.05, 0.1) is 12.3 Å². The van der Waals surface area contributed by atoms with Crippen molar-refractivity contribution in [3.8, 4) is 5.75 Å². The van der Waals surface area contributed by atoms with Crippen LogP contribution in [0.5, 0.6) is 5.75 Å². The lowest BCUT2D eigenvalue weighted by molar-refractivity contribution is -0.137. The van der Waals surface area contributed by atoms with Crippen molar-refractivity contribution in [1.82, 2.24) is 0 Å². The minimum atomic E-state index is -0.853. The molecule has 0 fully saturated rings. The topological polar surface area (TPSA) is 75.6 Å². The number of allylic oxidation sites excluding steroid dienone is 1. The van der Waals surface area contributed by atoms with E-state index in [-0.39, 0.29) is 18.9 Å². The van der Waals surface area contributed by atoms with Crippen molar-refractivity contribution in [2.45, 2.75) is 44.4 Å². The van der Waals surface area contributed by atoms with Crippen LogP contribution in [-0.2, 0) is 9.59 Å². The third-order valence-corrected chi connectivity index (χ3v) is 5.46. The first-order chi connectivity index (χ1) is 14.5. The van der Waals surface area contributed by atoms with Gasteiger partial charge in [-0.3, -0.25) is 9.59 Å². The number of aliphatic carboxylic acids is 1. The van der Waals surface area contributed by atoms with E-state index in [1.807, 2.05) is 43.0 Å². The zero-order chi connectivity index (χ0) is 21.8. The van der Waals surface area contributed by atoms with Gasteiger partial charge in [0.1, 0.15) is 5.75 Å². The van der Waals surface area contributed by atoms with E-state index in [0.29, 0.717) is 17.9 Å². The summed E-state index contributed by atoms with van der Waals surface area (Å²) in [6.07, 6.45) is 4.42. The van der Waals surface area contributed by atoms with E-state index >= 15 is 0 Å². The van der Waals surface area contributed by atoms with Crippen LogP contribution in [0.1, 0.15) is 45.1 Å². The summed E-state index contributed by atoms with van der Waals surface area (Å²) in [6, 6.07) is 15.4. The number of hydrogen-bond acceptors (Lipinski definition) is 4. The summed E-state index contributed by atoms with van der Waals surface area (Å²) < 4.78 is 5.63. The molecular formula is C24H29NO4S. The second-order valence-corrected chi connectivity index (χ2v) is 8.05. The van der Waals surface area contributed by atoms with Gasteiger partial charge in [-0.1, -0.05) is 37.6 Å². The Morgan fingerprint density at radius 2 is 1.83 bits per heavy atom. The lowest BCUT2D eigenvalue weighted by atomic mass is 10.1. The number of carbonyl (C=O) groups is 2. The molecule has 0 radical (unpaired) electrons. The monoisotopic (exact) mass is 427 g/mol. The molecule has 0 atom stereocenters. The molecule has 160 valence electrons. The summed E-state index contributed by atoms with van der Waals surface area (Å²) in [6.45, 7) is 4.37. The van der Waals surface area contributed by atoms with Crippen molar-refractivity contribution < 1.29 is 19.4 Å². The normalized spacial score (nSPS) is 11.2. The molecule has 0 spiro atoms. The number of thioether (sulfide) groups is 1. The molecule has 0 saturated carbocycles. The first-order valence-electron chi connectivity index (χ1n) is 10.2. The fraction of sp³-hybridized carbons (Fsp3) is 0.333. The van der Waals surface area contributed by atoms with Crippen LogP contribution in [0.3, 0.4) is 0 Å². The van der Waals surface area contributed by atoms with Crippen LogP contribution in [0, 0.1) is 0 Å². The molecule has 2 rings (SSSR count). The Morgan fingerprint density at radius 1 is 1.10 bits per heavy atom. The number of carbonyl (C=O) groups excluding carboxylic acids is 1. The Labute approximate surface area is 182 Å². The first kappa shape index (κ1) is 23.5. The highest BCUT2D eigenvalue weighted by Gasteiger charge is 2.08. The summed E-state index contributed by atoms with van der Waals surface area (Å²) in [7, 11) is 0. The molecule has 0 aliphatic rings. The molecule has 2 aromatic rings. The number of rotatable bonds is 12.